The summed E-state index contributed by atoms with van der Waals surface area (Å²) in [6, 6.07) is 13.5. The molecule has 0 aliphatic heterocycles. The van der Waals surface area contributed by atoms with Gasteiger partial charge in [-0.25, -0.2) is 4.39 Å². The number of amides is 1. The van der Waals surface area contributed by atoms with E-state index < -0.39 is 0 Å². The molecule has 0 bridgehead atoms. The number of nitrogens with one attached hydrogen (secondary N) is 3. The lowest BCUT2D eigenvalue weighted by Gasteiger charge is -2.17. The third-order valence-electron chi connectivity index (χ3n) is 3.47. The van der Waals surface area contributed by atoms with Crippen LogP contribution in [0, 0.1) is 5.82 Å². The zero-order valence-electron chi connectivity index (χ0n) is 13.6. The topological polar surface area (TPSA) is 53.2 Å². The number of thiocarbonyl (C=S) groups is 1. The van der Waals surface area contributed by atoms with Crippen LogP contribution in [0.4, 0.5) is 15.8 Å². The highest BCUT2D eigenvalue weighted by molar-refractivity contribution is 7.80. The number of carbonyl (C=O) groups excluding carboxylic acids is 1. The highest BCUT2D eigenvalue weighted by atomic mass is 32.1. The van der Waals surface area contributed by atoms with Crippen LogP contribution in [0.5, 0.6) is 0 Å². The molecule has 0 saturated heterocycles. The Hall–Kier alpha value is -2.47. The molecule has 0 aliphatic carbocycles. The summed E-state index contributed by atoms with van der Waals surface area (Å²) in [5.41, 5.74) is 2.50. The molecule has 126 valence electrons. The van der Waals surface area contributed by atoms with Gasteiger partial charge in [-0.2, -0.15) is 0 Å². The fourth-order valence-electron chi connectivity index (χ4n) is 2.08. The summed E-state index contributed by atoms with van der Waals surface area (Å²) in [6.07, 6.45) is 0.440. The van der Waals surface area contributed by atoms with Crippen LogP contribution in [-0.2, 0) is 4.79 Å². The molecule has 1 unspecified atom stereocenters. The van der Waals surface area contributed by atoms with Gasteiger partial charge in [-0.15, -0.1) is 0 Å². The quantitative estimate of drug-likeness (QED) is 0.710. The molecular weight excluding hydrogens is 325 g/mol. The van der Waals surface area contributed by atoms with Crippen LogP contribution in [0.3, 0.4) is 0 Å². The van der Waals surface area contributed by atoms with Crippen LogP contribution in [0.2, 0.25) is 0 Å². The monoisotopic (exact) mass is 345 g/mol. The number of halogens is 1. The van der Waals surface area contributed by atoms with Gasteiger partial charge in [-0.05, 0) is 61.1 Å². The average molecular weight is 345 g/mol. The van der Waals surface area contributed by atoms with Crippen LogP contribution >= 0.6 is 12.2 Å². The number of anilines is 2. The van der Waals surface area contributed by atoms with Crippen LogP contribution in [0.25, 0.3) is 0 Å². The Balaban J connectivity index is 1.89. The van der Waals surface area contributed by atoms with Gasteiger partial charge < -0.3 is 16.0 Å². The minimum atomic E-state index is -0.262. The summed E-state index contributed by atoms with van der Waals surface area (Å²) in [5.74, 6) is -0.289. The van der Waals surface area contributed by atoms with E-state index in [2.05, 4.69) is 16.0 Å². The van der Waals surface area contributed by atoms with E-state index in [0.29, 0.717) is 11.5 Å². The summed E-state index contributed by atoms with van der Waals surface area (Å²) in [7, 11) is 0. The molecule has 0 aliphatic rings. The Morgan fingerprint density at radius 3 is 2.12 bits per heavy atom. The zero-order valence-corrected chi connectivity index (χ0v) is 14.4. The van der Waals surface area contributed by atoms with Gasteiger partial charge >= 0.3 is 0 Å². The smallest absolute Gasteiger partial charge is 0.224 e. The van der Waals surface area contributed by atoms with E-state index in [9.17, 15) is 9.18 Å². The maximum atomic E-state index is 12.9. The SMILES string of the molecule is CCC(=O)Nc1ccc(NC(=S)NC(C)c2ccc(F)cc2)cc1. The summed E-state index contributed by atoms with van der Waals surface area (Å²) in [5, 5.41) is 9.48. The number of hydrogen-bond acceptors (Lipinski definition) is 2. The maximum Gasteiger partial charge on any atom is 0.224 e. The van der Waals surface area contributed by atoms with Crippen molar-refractivity contribution in [3.05, 3.63) is 59.9 Å². The molecule has 0 spiro atoms. The second-order valence-corrected chi connectivity index (χ2v) is 5.76. The standard InChI is InChI=1S/C18H20FN3OS/c1-3-17(23)21-15-8-10-16(11-9-15)22-18(24)20-12(2)13-4-6-14(19)7-5-13/h4-12H,3H2,1-2H3,(H,21,23)(H2,20,22,24). The Bertz CT molecular complexity index is 701. The summed E-state index contributed by atoms with van der Waals surface area (Å²) >= 11 is 5.29. The fourth-order valence-corrected chi connectivity index (χ4v) is 2.38. The van der Waals surface area contributed by atoms with Gasteiger partial charge in [-0.1, -0.05) is 19.1 Å². The first-order chi connectivity index (χ1) is 11.5. The number of rotatable bonds is 5. The van der Waals surface area contributed by atoms with Gasteiger partial charge in [0.25, 0.3) is 0 Å². The van der Waals surface area contributed by atoms with Crippen molar-refractivity contribution in [2.45, 2.75) is 26.3 Å². The normalized spacial score (nSPS) is 11.5. The highest BCUT2D eigenvalue weighted by Gasteiger charge is 2.07. The van der Waals surface area contributed by atoms with Crippen molar-refractivity contribution < 1.29 is 9.18 Å². The molecule has 6 heteroatoms. The minimum Gasteiger partial charge on any atom is -0.356 e. The van der Waals surface area contributed by atoms with Crippen LogP contribution in [0.1, 0.15) is 31.9 Å². The lowest BCUT2D eigenvalue weighted by Crippen LogP contribution is -2.30. The van der Waals surface area contributed by atoms with Crippen molar-refractivity contribution in [2.75, 3.05) is 10.6 Å². The van der Waals surface area contributed by atoms with E-state index in [-0.39, 0.29) is 17.8 Å². The highest BCUT2D eigenvalue weighted by Crippen LogP contribution is 2.16. The Morgan fingerprint density at radius 2 is 1.58 bits per heavy atom. The molecule has 1 amide bonds. The van der Waals surface area contributed by atoms with Crippen molar-refractivity contribution in [2.24, 2.45) is 0 Å². The van der Waals surface area contributed by atoms with Crippen molar-refractivity contribution >= 4 is 34.6 Å². The predicted molar refractivity (Wildman–Crippen MR) is 99.5 cm³/mol. The van der Waals surface area contributed by atoms with E-state index in [0.717, 1.165) is 16.9 Å². The van der Waals surface area contributed by atoms with E-state index in [4.69, 9.17) is 12.2 Å². The number of carbonyl (C=O) groups is 1. The van der Waals surface area contributed by atoms with Crippen molar-refractivity contribution in [1.82, 2.24) is 5.32 Å². The Morgan fingerprint density at radius 1 is 1.04 bits per heavy atom. The van der Waals surface area contributed by atoms with Crippen LogP contribution < -0.4 is 16.0 Å². The third-order valence-corrected chi connectivity index (χ3v) is 3.69. The Kier molecular flexibility index (Phi) is 6.26. The first-order valence-electron chi connectivity index (χ1n) is 7.71. The van der Waals surface area contributed by atoms with Crippen LogP contribution in [0.15, 0.2) is 48.5 Å². The molecule has 0 saturated carbocycles. The zero-order chi connectivity index (χ0) is 17.5. The van der Waals surface area contributed by atoms with Crippen LogP contribution in [-0.4, -0.2) is 11.0 Å². The molecule has 1 atom stereocenters. The fraction of sp³-hybridized carbons (Fsp3) is 0.222. The Labute approximate surface area is 146 Å². The van der Waals surface area contributed by atoms with Crippen molar-refractivity contribution in [3.8, 4) is 0 Å². The van der Waals surface area contributed by atoms with Gasteiger partial charge in [0, 0.05) is 17.8 Å². The van der Waals surface area contributed by atoms with E-state index in [1.807, 2.05) is 31.2 Å². The van der Waals surface area contributed by atoms with Gasteiger partial charge in [0.05, 0.1) is 6.04 Å². The summed E-state index contributed by atoms with van der Waals surface area (Å²) in [6.45, 7) is 3.75. The minimum absolute atomic E-state index is 0.0268. The van der Waals surface area contributed by atoms with Gasteiger partial charge in [-0.3, -0.25) is 4.79 Å². The predicted octanol–water partition coefficient (Wildman–Crippen LogP) is 4.22. The lowest BCUT2D eigenvalue weighted by atomic mass is 10.1. The molecule has 2 aromatic carbocycles. The van der Waals surface area contributed by atoms with E-state index in [1.165, 1.54) is 12.1 Å². The van der Waals surface area contributed by atoms with E-state index >= 15 is 0 Å². The molecule has 0 fully saturated rings. The molecule has 0 aromatic heterocycles. The first kappa shape index (κ1) is 17.9. The molecule has 0 radical (unpaired) electrons. The summed E-state index contributed by atoms with van der Waals surface area (Å²) < 4.78 is 12.9. The second kappa shape index (κ2) is 8.40. The van der Waals surface area contributed by atoms with E-state index in [1.54, 1.807) is 19.1 Å². The number of benzene rings is 2. The molecular formula is C18H20FN3OS. The van der Waals surface area contributed by atoms with Gasteiger partial charge in [0.15, 0.2) is 5.11 Å². The molecule has 2 aromatic rings. The molecule has 4 nitrogen and oxygen atoms in total. The molecule has 24 heavy (non-hydrogen) atoms. The maximum absolute atomic E-state index is 12.9. The molecule has 2 rings (SSSR count). The molecule has 0 heterocycles. The largest absolute Gasteiger partial charge is 0.356 e. The lowest BCUT2D eigenvalue weighted by molar-refractivity contribution is -0.115. The van der Waals surface area contributed by atoms with Gasteiger partial charge in [0.2, 0.25) is 5.91 Å². The summed E-state index contributed by atoms with van der Waals surface area (Å²) in [4.78, 5) is 11.3. The first-order valence-corrected chi connectivity index (χ1v) is 8.11. The third kappa shape index (κ3) is 5.31. The van der Waals surface area contributed by atoms with Crippen molar-refractivity contribution in [1.29, 1.82) is 0 Å². The average Bonchev–Trinajstić information content (AvgIpc) is 2.57. The number of hydrogen-bond donors (Lipinski definition) is 3. The molecule has 3 N–H and O–H groups in total. The van der Waals surface area contributed by atoms with Crippen molar-refractivity contribution in [3.63, 3.8) is 0 Å². The van der Waals surface area contributed by atoms with Gasteiger partial charge in [0.1, 0.15) is 5.82 Å². The second-order valence-electron chi connectivity index (χ2n) is 5.35.